The molecule has 1 aliphatic heterocycles. The molecule has 5 heteroatoms. The Bertz CT molecular complexity index is 701. The van der Waals surface area contributed by atoms with Crippen LogP contribution in [0.5, 0.6) is 0 Å². The van der Waals surface area contributed by atoms with Crippen molar-refractivity contribution < 1.29 is 5.21 Å². The number of hydrogen-bond acceptors (Lipinski definition) is 3. The van der Waals surface area contributed by atoms with E-state index < -0.39 is 0 Å². The molecule has 5 nitrogen and oxygen atoms in total. The minimum atomic E-state index is -0.197. The summed E-state index contributed by atoms with van der Waals surface area (Å²) in [7, 11) is 0. The number of para-hydroxylation sites is 1. The van der Waals surface area contributed by atoms with Gasteiger partial charge in [0.1, 0.15) is 0 Å². The van der Waals surface area contributed by atoms with E-state index in [0.29, 0.717) is 6.54 Å². The molecule has 0 saturated carbocycles. The topological polar surface area (TPSA) is 80.6 Å². The van der Waals surface area contributed by atoms with Gasteiger partial charge in [0.2, 0.25) is 0 Å². The normalized spacial score (nSPS) is 14.5. The van der Waals surface area contributed by atoms with Crippen molar-refractivity contribution in [2.24, 2.45) is 10.9 Å². The van der Waals surface area contributed by atoms with Gasteiger partial charge >= 0.3 is 0 Å². The first-order valence-electron chi connectivity index (χ1n) is 5.35. The molecule has 2 heterocycles. The fourth-order valence-electron chi connectivity index (χ4n) is 2.41. The minimum absolute atomic E-state index is 0.141. The SMILES string of the molecule is N/C(=N/O)c1cc2cccc3c2n(c1=O)CC3. The monoisotopic (exact) mass is 229 g/mol. The Hall–Kier alpha value is -2.30. The van der Waals surface area contributed by atoms with Crippen LogP contribution in [0.25, 0.3) is 10.9 Å². The molecule has 0 fully saturated rings. The smallest absolute Gasteiger partial charge is 0.262 e. The first-order valence-corrected chi connectivity index (χ1v) is 5.35. The van der Waals surface area contributed by atoms with Crippen molar-refractivity contribution in [3.8, 4) is 0 Å². The Balaban J connectivity index is 2.47. The van der Waals surface area contributed by atoms with Crippen molar-refractivity contribution in [2.75, 3.05) is 0 Å². The number of nitrogens with zero attached hydrogens (tertiary/aromatic N) is 2. The van der Waals surface area contributed by atoms with Gasteiger partial charge in [0.25, 0.3) is 5.56 Å². The summed E-state index contributed by atoms with van der Waals surface area (Å²) in [6.07, 6.45) is 0.853. The van der Waals surface area contributed by atoms with Crippen molar-refractivity contribution >= 4 is 16.7 Å². The second kappa shape index (κ2) is 3.35. The van der Waals surface area contributed by atoms with Crippen molar-refractivity contribution in [1.82, 2.24) is 4.57 Å². The summed E-state index contributed by atoms with van der Waals surface area (Å²) in [6.45, 7) is 0.654. The minimum Gasteiger partial charge on any atom is -0.409 e. The first-order chi connectivity index (χ1) is 8.22. The number of aryl methyl sites for hydroxylation is 2. The van der Waals surface area contributed by atoms with Crippen molar-refractivity contribution in [1.29, 1.82) is 0 Å². The molecule has 0 bridgehead atoms. The van der Waals surface area contributed by atoms with Gasteiger partial charge in [-0.1, -0.05) is 23.4 Å². The van der Waals surface area contributed by atoms with Crippen molar-refractivity contribution in [3.63, 3.8) is 0 Å². The summed E-state index contributed by atoms with van der Waals surface area (Å²) in [4.78, 5) is 12.1. The lowest BCUT2D eigenvalue weighted by Crippen LogP contribution is -2.29. The molecule has 0 saturated heterocycles. The molecule has 3 N–H and O–H groups in total. The molecule has 0 amide bonds. The van der Waals surface area contributed by atoms with Gasteiger partial charge in [-0.05, 0) is 23.4 Å². The number of aromatic nitrogens is 1. The quantitative estimate of drug-likeness (QED) is 0.326. The molecule has 17 heavy (non-hydrogen) atoms. The largest absolute Gasteiger partial charge is 0.409 e. The second-order valence-corrected chi connectivity index (χ2v) is 4.11. The maximum atomic E-state index is 12.1. The number of pyridine rings is 1. The summed E-state index contributed by atoms with van der Waals surface area (Å²) in [5, 5.41) is 12.5. The molecule has 1 aromatic heterocycles. The van der Waals surface area contributed by atoms with Crippen LogP contribution in [0.2, 0.25) is 0 Å². The van der Waals surface area contributed by atoms with E-state index in [1.54, 1.807) is 10.6 Å². The van der Waals surface area contributed by atoms with Gasteiger partial charge in [0.05, 0.1) is 11.1 Å². The van der Waals surface area contributed by atoms with E-state index in [0.717, 1.165) is 17.3 Å². The maximum Gasteiger partial charge on any atom is 0.262 e. The third kappa shape index (κ3) is 1.25. The van der Waals surface area contributed by atoms with Crippen LogP contribution in [0.15, 0.2) is 34.2 Å². The Kier molecular flexibility index (Phi) is 1.95. The lowest BCUT2D eigenvalue weighted by Gasteiger charge is -2.06. The predicted molar refractivity (Wildman–Crippen MR) is 64.4 cm³/mol. The number of rotatable bonds is 1. The molecule has 3 rings (SSSR count). The molecular weight excluding hydrogens is 218 g/mol. The number of nitrogens with two attached hydrogens (primary N) is 1. The summed E-state index contributed by atoms with van der Waals surface area (Å²) >= 11 is 0. The summed E-state index contributed by atoms with van der Waals surface area (Å²) < 4.78 is 1.69. The summed E-state index contributed by atoms with van der Waals surface area (Å²) in [5.41, 5.74) is 7.70. The van der Waals surface area contributed by atoms with Crippen LogP contribution in [0.1, 0.15) is 11.1 Å². The summed E-state index contributed by atoms with van der Waals surface area (Å²) in [5.74, 6) is -0.141. The van der Waals surface area contributed by atoms with Crippen LogP contribution in [0, 0.1) is 0 Å². The number of oxime groups is 1. The van der Waals surface area contributed by atoms with Crippen LogP contribution in [-0.4, -0.2) is 15.6 Å². The maximum absolute atomic E-state index is 12.1. The second-order valence-electron chi connectivity index (χ2n) is 4.11. The van der Waals surface area contributed by atoms with Crippen LogP contribution in [-0.2, 0) is 13.0 Å². The van der Waals surface area contributed by atoms with Crippen LogP contribution >= 0.6 is 0 Å². The van der Waals surface area contributed by atoms with Crippen LogP contribution in [0.4, 0.5) is 0 Å². The zero-order chi connectivity index (χ0) is 12.0. The number of amidine groups is 1. The molecule has 1 aliphatic rings. The van der Waals surface area contributed by atoms with Gasteiger partial charge in [-0.3, -0.25) is 4.79 Å². The van der Waals surface area contributed by atoms with E-state index in [-0.39, 0.29) is 17.0 Å². The van der Waals surface area contributed by atoms with Crippen LogP contribution in [0.3, 0.4) is 0 Å². The third-order valence-corrected chi connectivity index (χ3v) is 3.18. The molecule has 86 valence electrons. The van der Waals surface area contributed by atoms with Gasteiger partial charge in [-0.15, -0.1) is 0 Å². The van der Waals surface area contributed by atoms with Crippen molar-refractivity contribution in [2.45, 2.75) is 13.0 Å². The zero-order valence-corrected chi connectivity index (χ0v) is 9.05. The standard InChI is InChI=1S/C12H11N3O2/c13-11(14-17)9-6-8-3-1-2-7-4-5-15(10(7)8)12(9)16/h1-3,6,17H,4-5H2,(H2,13,14). The van der Waals surface area contributed by atoms with E-state index in [2.05, 4.69) is 5.16 Å². The molecule has 0 atom stereocenters. The predicted octanol–water partition coefficient (Wildman–Crippen LogP) is 0.652. The van der Waals surface area contributed by atoms with E-state index in [4.69, 9.17) is 10.9 Å². The molecule has 0 unspecified atom stereocenters. The Morgan fingerprint density at radius 3 is 3.06 bits per heavy atom. The third-order valence-electron chi connectivity index (χ3n) is 3.18. The van der Waals surface area contributed by atoms with Gasteiger partial charge < -0.3 is 15.5 Å². The molecular formula is C12H11N3O2. The number of benzene rings is 1. The molecule has 0 aliphatic carbocycles. The van der Waals surface area contributed by atoms with Crippen LogP contribution < -0.4 is 11.3 Å². The molecule has 0 radical (unpaired) electrons. The van der Waals surface area contributed by atoms with Gasteiger partial charge in [0.15, 0.2) is 5.84 Å². The average molecular weight is 229 g/mol. The lowest BCUT2D eigenvalue weighted by molar-refractivity contribution is 0.318. The molecule has 2 aromatic rings. The van der Waals surface area contributed by atoms with Gasteiger partial charge in [-0.2, -0.15) is 0 Å². The summed E-state index contributed by atoms with van der Waals surface area (Å²) in [6, 6.07) is 7.58. The van der Waals surface area contributed by atoms with E-state index >= 15 is 0 Å². The Morgan fingerprint density at radius 1 is 1.47 bits per heavy atom. The van der Waals surface area contributed by atoms with E-state index in [1.165, 1.54) is 5.56 Å². The highest BCUT2D eigenvalue weighted by Gasteiger charge is 2.18. The highest BCUT2D eigenvalue weighted by atomic mass is 16.4. The highest BCUT2D eigenvalue weighted by Crippen LogP contribution is 2.24. The van der Waals surface area contributed by atoms with Gasteiger partial charge in [-0.25, -0.2) is 0 Å². The fourth-order valence-corrected chi connectivity index (χ4v) is 2.41. The number of hydrogen-bond donors (Lipinski definition) is 2. The molecule has 0 spiro atoms. The Morgan fingerprint density at radius 2 is 2.29 bits per heavy atom. The van der Waals surface area contributed by atoms with Crippen molar-refractivity contribution in [3.05, 3.63) is 45.7 Å². The van der Waals surface area contributed by atoms with Gasteiger partial charge in [0, 0.05) is 6.54 Å². The van der Waals surface area contributed by atoms with E-state index in [1.807, 2.05) is 18.2 Å². The average Bonchev–Trinajstić information content (AvgIpc) is 2.78. The lowest BCUT2D eigenvalue weighted by atomic mass is 10.1. The zero-order valence-electron chi connectivity index (χ0n) is 9.05. The highest BCUT2D eigenvalue weighted by molar-refractivity contribution is 6.00. The fraction of sp³-hybridized carbons (Fsp3) is 0.167. The Labute approximate surface area is 96.8 Å². The first kappa shape index (κ1) is 9.89. The molecule has 1 aromatic carbocycles. The van der Waals surface area contributed by atoms with E-state index in [9.17, 15) is 4.79 Å².